The molecule has 3 rings (SSSR count). The molecule has 6 N–H and O–H groups in total. The van der Waals surface area contributed by atoms with Crippen LogP contribution in [0.15, 0.2) is 36.5 Å². The van der Waals surface area contributed by atoms with Crippen LogP contribution < -0.4 is 0 Å². The molecule has 3 aliphatic rings. The van der Waals surface area contributed by atoms with Crippen molar-refractivity contribution < 1.29 is 54.4 Å². The molecule has 2 bridgehead atoms. The van der Waals surface area contributed by atoms with Gasteiger partial charge in [-0.05, 0) is 89.4 Å². The molecule has 2 saturated heterocycles. The molecule has 11 nitrogen and oxygen atoms in total. The topological polar surface area (TPSA) is 175 Å². The highest BCUT2D eigenvalue weighted by Gasteiger charge is 2.52. The first-order valence-electron chi connectivity index (χ1n) is 21.2. The normalized spacial score (nSPS) is 43.3. The summed E-state index contributed by atoms with van der Waals surface area (Å²) in [6.07, 6.45) is 13.1. The smallest absolute Gasteiger partial charge is 0.330 e. The highest BCUT2D eigenvalue weighted by Crippen LogP contribution is 2.47. The first-order valence-corrected chi connectivity index (χ1v) is 21.2. The highest BCUT2D eigenvalue weighted by atomic mass is 16.7. The van der Waals surface area contributed by atoms with Crippen molar-refractivity contribution in [3.05, 3.63) is 36.5 Å². The first kappa shape index (κ1) is 47.7. The molecule has 3 aliphatic heterocycles. The molecule has 3 heterocycles. The largest absolute Gasteiger partial charge is 0.459 e. The van der Waals surface area contributed by atoms with Gasteiger partial charge in [0.15, 0.2) is 5.79 Å². The molecular formula is C44H76O11. The number of rotatable bonds is 7. The Balaban J connectivity index is 1.95. The summed E-state index contributed by atoms with van der Waals surface area (Å²) in [5.41, 5.74) is 0. The molecule has 16 atom stereocenters. The van der Waals surface area contributed by atoms with Crippen LogP contribution in [-0.2, 0) is 23.7 Å². The molecule has 0 aromatic carbocycles. The lowest BCUT2D eigenvalue weighted by Gasteiger charge is -2.52. The van der Waals surface area contributed by atoms with Crippen LogP contribution in [0.2, 0.25) is 0 Å². The summed E-state index contributed by atoms with van der Waals surface area (Å²) < 4.78 is 25.6. The van der Waals surface area contributed by atoms with Crippen LogP contribution in [0.5, 0.6) is 0 Å². The molecule has 0 aliphatic carbocycles. The van der Waals surface area contributed by atoms with E-state index in [9.17, 15) is 35.4 Å². The summed E-state index contributed by atoms with van der Waals surface area (Å²) in [6.45, 7) is 11.4. The summed E-state index contributed by atoms with van der Waals surface area (Å²) in [5, 5.41) is 64.3. The van der Waals surface area contributed by atoms with Gasteiger partial charge in [0.2, 0.25) is 0 Å². The second-order valence-corrected chi connectivity index (χ2v) is 17.1. The zero-order valence-electron chi connectivity index (χ0n) is 34.7. The standard InChI is InChI=1S/C44H76O11/c1-8-33-14-11-9-10-12-16-36(47)31(5)37(48)25-34(52-7)26-38(49)32(6)43(51)29(3)17-20-42(50)53-41-27-44(22-21-28(2)40(55-44)24-30(4)46)54-39(19-18-33)35(41)15-13-23-45/h9-11,14,17,20,28-41,43,45-49,51H,8,12-13,15-16,18-19,21-27H2,1-7H3/b10-9+,14-11+,20-17+/t28-,29+,30+,31-,32+,33-,34-,35+,36-,37+,38-,39-,40-,41-,43+,44-/m0/s1. The molecule has 0 aromatic heterocycles. The molecule has 0 aromatic rings. The number of aliphatic hydroxyl groups excluding tert-OH is 6. The molecule has 11 heteroatoms. The van der Waals surface area contributed by atoms with E-state index in [1.165, 1.54) is 13.2 Å². The van der Waals surface area contributed by atoms with E-state index in [1.807, 2.05) is 25.2 Å². The van der Waals surface area contributed by atoms with Gasteiger partial charge in [0.1, 0.15) is 6.10 Å². The fourth-order valence-corrected chi connectivity index (χ4v) is 8.64. The van der Waals surface area contributed by atoms with E-state index in [4.69, 9.17) is 18.9 Å². The minimum Gasteiger partial charge on any atom is -0.459 e. The van der Waals surface area contributed by atoms with E-state index in [1.54, 1.807) is 26.8 Å². The number of fused-ring (bicyclic) bond motifs is 2. The summed E-state index contributed by atoms with van der Waals surface area (Å²) in [5.74, 6) is -2.65. The van der Waals surface area contributed by atoms with Crippen molar-refractivity contribution in [2.24, 2.45) is 35.5 Å². The number of carbonyl (C=O) groups is 1. The quantitative estimate of drug-likeness (QED) is 0.173. The van der Waals surface area contributed by atoms with Crippen LogP contribution >= 0.6 is 0 Å². The second kappa shape index (κ2) is 23.7. The Hall–Kier alpha value is -1.67. The third kappa shape index (κ3) is 14.9. The van der Waals surface area contributed by atoms with E-state index in [2.05, 4.69) is 19.9 Å². The Morgan fingerprint density at radius 3 is 2.27 bits per heavy atom. The number of ether oxygens (including phenoxy) is 4. The van der Waals surface area contributed by atoms with E-state index in [0.29, 0.717) is 51.4 Å². The number of methoxy groups -OCH3 is 1. The lowest BCUT2D eigenvalue weighted by Crippen LogP contribution is -2.58. The van der Waals surface area contributed by atoms with Crippen LogP contribution in [0.25, 0.3) is 0 Å². The minimum atomic E-state index is -0.981. The van der Waals surface area contributed by atoms with Crippen molar-refractivity contribution in [1.82, 2.24) is 0 Å². The van der Waals surface area contributed by atoms with Crippen LogP contribution in [0, 0.1) is 35.5 Å². The van der Waals surface area contributed by atoms with Crippen LogP contribution in [0.3, 0.4) is 0 Å². The summed E-state index contributed by atoms with van der Waals surface area (Å²) in [7, 11) is 1.52. The van der Waals surface area contributed by atoms with Crippen molar-refractivity contribution in [3.8, 4) is 0 Å². The maximum absolute atomic E-state index is 13.6. The van der Waals surface area contributed by atoms with Crippen molar-refractivity contribution >= 4 is 5.97 Å². The molecule has 0 amide bonds. The fourth-order valence-electron chi connectivity index (χ4n) is 8.64. The van der Waals surface area contributed by atoms with Crippen LogP contribution in [0.4, 0.5) is 0 Å². The molecule has 1 spiro atoms. The number of hydrogen-bond donors (Lipinski definition) is 6. The van der Waals surface area contributed by atoms with Crippen molar-refractivity contribution in [1.29, 1.82) is 0 Å². The molecule has 0 saturated carbocycles. The zero-order chi connectivity index (χ0) is 40.7. The maximum Gasteiger partial charge on any atom is 0.330 e. The number of aliphatic hydroxyl groups is 6. The molecule has 2 fully saturated rings. The predicted octanol–water partition coefficient (Wildman–Crippen LogP) is 5.77. The van der Waals surface area contributed by atoms with Crippen LogP contribution in [-0.4, -0.2) is 111 Å². The lowest BCUT2D eigenvalue weighted by atomic mass is 9.78. The molecule has 0 unspecified atom stereocenters. The number of carbonyl (C=O) groups excluding carboxylic acids is 1. The Labute approximate surface area is 331 Å². The monoisotopic (exact) mass is 781 g/mol. The van der Waals surface area contributed by atoms with E-state index in [0.717, 1.165) is 19.3 Å². The summed E-state index contributed by atoms with van der Waals surface area (Å²) >= 11 is 0. The number of hydrogen-bond acceptors (Lipinski definition) is 11. The van der Waals surface area contributed by atoms with Crippen LogP contribution in [0.1, 0.15) is 125 Å². The minimum absolute atomic E-state index is 0.00710. The maximum atomic E-state index is 13.6. The van der Waals surface area contributed by atoms with E-state index < -0.39 is 72.2 Å². The summed E-state index contributed by atoms with van der Waals surface area (Å²) in [6, 6.07) is 0. The van der Waals surface area contributed by atoms with Crippen molar-refractivity contribution in [2.45, 2.75) is 186 Å². The van der Waals surface area contributed by atoms with Gasteiger partial charge in [0.25, 0.3) is 0 Å². The molecule has 55 heavy (non-hydrogen) atoms. The Kier molecular flexibility index (Phi) is 20.5. The van der Waals surface area contributed by atoms with E-state index in [-0.39, 0.29) is 49.4 Å². The highest BCUT2D eigenvalue weighted by molar-refractivity contribution is 5.82. The van der Waals surface area contributed by atoms with Gasteiger partial charge in [-0.2, -0.15) is 0 Å². The van der Waals surface area contributed by atoms with Gasteiger partial charge < -0.3 is 49.6 Å². The number of esters is 1. The molecule has 318 valence electrons. The van der Waals surface area contributed by atoms with E-state index >= 15 is 0 Å². The fraction of sp³-hybridized carbons (Fsp3) is 0.841. The second-order valence-electron chi connectivity index (χ2n) is 17.1. The molecular weight excluding hydrogens is 704 g/mol. The SMILES string of the molecule is CC[C@H]1/C=C/C=C/CC[C@H](O)[C@H](C)[C@H](O)C[C@H](OC)C[C@H](O)[C@@H](C)[C@H](O)[C@H](C)/C=C/C(=O)O[C@H]2C[C@@]3(CC[C@H](C)[C@H](C[C@@H](C)O)O3)O[C@@H](CC1)[C@H]2CCCO. The average molecular weight is 781 g/mol. The average Bonchev–Trinajstić information content (AvgIpc) is 3.15. The van der Waals surface area contributed by atoms with Crippen molar-refractivity contribution in [2.75, 3.05) is 13.7 Å². The van der Waals surface area contributed by atoms with Gasteiger partial charge in [-0.1, -0.05) is 65.0 Å². The molecule has 0 radical (unpaired) electrons. The Morgan fingerprint density at radius 2 is 1.62 bits per heavy atom. The third-order valence-electron chi connectivity index (χ3n) is 12.7. The van der Waals surface area contributed by atoms with Gasteiger partial charge >= 0.3 is 5.97 Å². The van der Waals surface area contributed by atoms with Gasteiger partial charge in [0.05, 0.1) is 48.8 Å². The number of allylic oxidation sites excluding steroid dienone is 4. The Bertz CT molecular complexity index is 1190. The van der Waals surface area contributed by atoms with Gasteiger partial charge in [0, 0.05) is 56.3 Å². The first-order chi connectivity index (χ1) is 26.1. The zero-order valence-corrected chi connectivity index (χ0v) is 34.7. The van der Waals surface area contributed by atoms with Crippen molar-refractivity contribution in [3.63, 3.8) is 0 Å². The van der Waals surface area contributed by atoms with Gasteiger partial charge in [-0.15, -0.1) is 0 Å². The summed E-state index contributed by atoms with van der Waals surface area (Å²) in [4.78, 5) is 13.6. The Morgan fingerprint density at radius 1 is 0.909 bits per heavy atom. The van der Waals surface area contributed by atoms with Gasteiger partial charge in [-0.25, -0.2) is 4.79 Å². The van der Waals surface area contributed by atoms with Gasteiger partial charge in [-0.3, -0.25) is 0 Å². The third-order valence-corrected chi connectivity index (χ3v) is 12.7. The lowest BCUT2D eigenvalue weighted by molar-refractivity contribution is -0.349. The predicted molar refractivity (Wildman–Crippen MR) is 213 cm³/mol.